The van der Waals surface area contributed by atoms with Crippen molar-refractivity contribution in [3.05, 3.63) is 47.5 Å². The van der Waals surface area contributed by atoms with Crippen molar-refractivity contribution in [2.24, 2.45) is 17.0 Å². The lowest BCUT2D eigenvalue weighted by atomic mass is 10.1. The van der Waals surface area contributed by atoms with Crippen molar-refractivity contribution in [2.45, 2.75) is 61.2 Å². The van der Waals surface area contributed by atoms with Crippen molar-refractivity contribution in [3.63, 3.8) is 0 Å². The molecular formula is C25H31N3O5S2. The van der Waals surface area contributed by atoms with Gasteiger partial charge in [-0.3, -0.25) is 0 Å². The molecule has 0 heterocycles. The Balaban J connectivity index is 1.40. The van der Waals surface area contributed by atoms with E-state index in [0.717, 1.165) is 51.4 Å². The van der Waals surface area contributed by atoms with Crippen LogP contribution in [0.25, 0.3) is 11.1 Å². The van der Waals surface area contributed by atoms with Gasteiger partial charge in [-0.1, -0.05) is 43.0 Å². The van der Waals surface area contributed by atoms with E-state index >= 15 is 0 Å². The number of nitrogens with one attached hydrogen (secondary N) is 2. The zero-order chi connectivity index (χ0) is 24.6. The molecule has 0 bridgehead atoms. The summed E-state index contributed by atoms with van der Waals surface area (Å²) in [5.74, 6) is 0.723. The highest BCUT2D eigenvalue weighted by molar-refractivity contribution is 7.89. The van der Waals surface area contributed by atoms with E-state index in [9.17, 15) is 22.0 Å². The van der Waals surface area contributed by atoms with E-state index in [0.29, 0.717) is 47.2 Å². The van der Waals surface area contributed by atoms with Crippen LogP contribution in [0.2, 0.25) is 0 Å². The van der Waals surface area contributed by atoms with Crippen LogP contribution in [0.3, 0.4) is 0 Å². The minimum Gasteiger partial charge on any atom is -0.410 e. The van der Waals surface area contributed by atoms with Crippen molar-refractivity contribution in [1.29, 1.82) is 0 Å². The molecule has 0 aliphatic heterocycles. The average molecular weight is 518 g/mol. The maximum Gasteiger partial charge on any atom is 0.240 e. The van der Waals surface area contributed by atoms with Gasteiger partial charge in [-0.2, -0.15) is 0 Å². The van der Waals surface area contributed by atoms with E-state index in [1.165, 1.54) is 24.3 Å². The number of oxime groups is 1. The van der Waals surface area contributed by atoms with Crippen LogP contribution in [0.1, 0.15) is 62.5 Å². The molecule has 2 aromatic carbocycles. The van der Waals surface area contributed by atoms with Crippen molar-refractivity contribution in [2.75, 3.05) is 13.1 Å². The molecule has 188 valence electrons. The van der Waals surface area contributed by atoms with Crippen LogP contribution in [0.5, 0.6) is 0 Å². The lowest BCUT2D eigenvalue weighted by Crippen LogP contribution is -2.28. The van der Waals surface area contributed by atoms with Gasteiger partial charge >= 0.3 is 0 Å². The second-order valence-electron chi connectivity index (χ2n) is 9.87. The summed E-state index contributed by atoms with van der Waals surface area (Å²) < 4.78 is 57.1. The first-order chi connectivity index (χ1) is 16.8. The number of rotatable bonds is 8. The summed E-state index contributed by atoms with van der Waals surface area (Å²) in [6.07, 6.45) is 8.66. The molecule has 0 spiro atoms. The summed E-state index contributed by atoms with van der Waals surface area (Å²) in [4.78, 5) is 0.184. The Morgan fingerprint density at radius 2 is 1.09 bits per heavy atom. The Kier molecular flexibility index (Phi) is 6.73. The summed E-state index contributed by atoms with van der Waals surface area (Å²) >= 11 is 0. The second kappa shape index (κ2) is 9.65. The number of hydrogen-bond donors (Lipinski definition) is 3. The molecule has 0 unspecified atom stereocenters. The van der Waals surface area contributed by atoms with Crippen LogP contribution in [0, 0.1) is 11.8 Å². The van der Waals surface area contributed by atoms with Crippen LogP contribution in [0.4, 0.5) is 0 Å². The third-order valence-corrected chi connectivity index (χ3v) is 10.4. The largest absolute Gasteiger partial charge is 0.410 e. The highest BCUT2D eigenvalue weighted by Crippen LogP contribution is 2.39. The average Bonchev–Trinajstić information content (AvgIpc) is 3.61. The molecule has 3 aliphatic carbocycles. The molecule has 35 heavy (non-hydrogen) atoms. The van der Waals surface area contributed by atoms with Crippen LogP contribution >= 0.6 is 0 Å². The molecule has 3 aliphatic rings. The number of fused-ring (bicyclic) bond motifs is 3. The predicted molar refractivity (Wildman–Crippen MR) is 134 cm³/mol. The van der Waals surface area contributed by atoms with Gasteiger partial charge < -0.3 is 5.21 Å². The van der Waals surface area contributed by atoms with E-state index in [4.69, 9.17) is 0 Å². The Morgan fingerprint density at radius 3 is 1.46 bits per heavy atom. The summed E-state index contributed by atoms with van der Waals surface area (Å²) in [6, 6.07) is 9.43. The molecule has 5 rings (SSSR count). The van der Waals surface area contributed by atoms with Crippen molar-refractivity contribution in [3.8, 4) is 11.1 Å². The van der Waals surface area contributed by atoms with Crippen molar-refractivity contribution in [1.82, 2.24) is 9.44 Å². The van der Waals surface area contributed by atoms with Crippen LogP contribution in [-0.4, -0.2) is 40.8 Å². The molecule has 0 atom stereocenters. The number of sulfonamides is 2. The van der Waals surface area contributed by atoms with Crippen molar-refractivity contribution < 1.29 is 22.0 Å². The van der Waals surface area contributed by atoms with E-state index in [1.807, 2.05) is 0 Å². The molecule has 0 saturated heterocycles. The van der Waals surface area contributed by atoms with Gasteiger partial charge in [0.05, 0.1) is 9.79 Å². The van der Waals surface area contributed by atoms with E-state index < -0.39 is 20.0 Å². The van der Waals surface area contributed by atoms with Gasteiger partial charge in [0.1, 0.15) is 5.71 Å². The molecule has 2 aromatic rings. The summed E-state index contributed by atoms with van der Waals surface area (Å²) in [5, 5.41) is 13.2. The normalized spacial score (nSPS) is 18.7. The fraction of sp³-hybridized carbons (Fsp3) is 0.480. The lowest BCUT2D eigenvalue weighted by molar-refractivity contribution is 0.320. The van der Waals surface area contributed by atoms with E-state index in [1.54, 1.807) is 12.1 Å². The third kappa shape index (κ3) is 4.89. The second-order valence-corrected chi connectivity index (χ2v) is 13.4. The van der Waals surface area contributed by atoms with Gasteiger partial charge in [-0.05, 0) is 72.9 Å². The zero-order valence-electron chi connectivity index (χ0n) is 19.5. The first-order valence-electron chi connectivity index (χ1n) is 12.3. The van der Waals surface area contributed by atoms with Crippen LogP contribution in [0.15, 0.2) is 51.3 Å². The number of benzene rings is 2. The molecule has 0 radical (unpaired) electrons. The summed E-state index contributed by atoms with van der Waals surface area (Å²) in [5.41, 5.74) is 2.48. The summed E-state index contributed by atoms with van der Waals surface area (Å²) in [6.45, 7) is 0.825. The number of hydrogen-bond acceptors (Lipinski definition) is 6. The monoisotopic (exact) mass is 517 g/mol. The Bertz CT molecular complexity index is 1260. The highest BCUT2D eigenvalue weighted by Gasteiger charge is 2.30. The van der Waals surface area contributed by atoms with Crippen molar-refractivity contribution >= 4 is 25.8 Å². The molecule has 10 heteroatoms. The zero-order valence-corrected chi connectivity index (χ0v) is 21.2. The molecular weight excluding hydrogens is 486 g/mol. The van der Waals surface area contributed by atoms with Gasteiger partial charge in [-0.25, -0.2) is 26.3 Å². The van der Waals surface area contributed by atoms with Gasteiger partial charge in [0.2, 0.25) is 20.0 Å². The first-order valence-corrected chi connectivity index (χ1v) is 15.3. The Labute approximate surface area is 206 Å². The van der Waals surface area contributed by atoms with Gasteiger partial charge in [0.25, 0.3) is 0 Å². The molecule has 2 fully saturated rings. The van der Waals surface area contributed by atoms with Crippen LogP contribution in [-0.2, 0) is 20.0 Å². The van der Waals surface area contributed by atoms with Gasteiger partial charge in [-0.15, -0.1) is 0 Å². The minimum atomic E-state index is -3.73. The fourth-order valence-electron chi connectivity index (χ4n) is 5.55. The maximum atomic E-state index is 12.9. The molecule has 0 amide bonds. The Morgan fingerprint density at radius 1 is 0.686 bits per heavy atom. The lowest BCUT2D eigenvalue weighted by Gasteiger charge is -2.12. The standard InChI is InChI=1S/C25H31N3O5S2/c29-28-25-23-13-19(34(30,31)26-15-17-5-1-2-6-17)9-11-21(23)22-12-10-20(14-24(22)25)35(32,33)27-16-18-7-3-4-8-18/h9-14,17-18,26-27,29H,1-8,15-16H2. The minimum absolute atomic E-state index is 0.0919. The number of nitrogens with zero attached hydrogens (tertiary/aromatic N) is 1. The molecule has 8 nitrogen and oxygen atoms in total. The SMILES string of the molecule is O=S(=O)(NCC1CCCC1)c1ccc2c(c1)C(=NO)c1cc(S(=O)(=O)NCC3CCCC3)ccc1-2. The Hall–Kier alpha value is -2.27. The fourth-order valence-corrected chi connectivity index (χ4v) is 7.83. The smallest absolute Gasteiger partial charge is 0.240 e. The third-order valence-electron chi connectivity index (χ3n) is 7.58. The maximum absolute atomic E-state index is 12.9. The van der Waals surface area contributed by atoms with Gasteiger partial charge in [0.15, 0.2) is 0 Å². The quantitative estimate of drug-likeness (QED) is 0.309. The topological polar surface area (TPSA) is 125 Å². The van der Waals surface area contributed by atoms with E-state index in [2.05, 4.69) is 14.6 Å². The highest BCUT2D eigenvalue weighted by atomic mass is 32.2. The predicted octanol–water partition coefficient (Wildman–Crippen LogP) is 3.83. The van der Waals surface area contributed by atoms with Gasteiger partial charge in [0, 0.05) is 24.2 Å². The first kappa shape index (κ1) is 24.4. The summed E-state index contributed by atoms with van der Waals surface area (Å²) in [7, 11) is -7.46. The molecule has 0 aromatic heterocycles. The molecule has 3 N–H and O–H groups in total. The molecule has 2 saturated carbocycles. The van der Waals surface area contributed by atoms with Crippen LogP contribution < -0.4 is 9.44 Å². The van der Waals surface area contributed by atoms with E-state index in [-0.39, 0.29) is 15.5 Å².